The normalized spacial score (nSPS) is 24.8. The Hall–Kier alpha value is -3.55. The molecule has 5 atom stereocenters. The van der Waals surface area contributed by atoms with Gasteiger partial charge in [0.15, 0.2) is 28.4 Å². The number of hydrogen-bond donors (Lipinski definition) is 7. The van der Waals surface area contributed by atoms with E-state index < -0.39 is 60.0 Å². The maximum absolute atomic E-state index is 12.8. The van der Waals surface area contributed by atoms with Crippen LogP contribution in [0.3, 0.4) is 0 Å². The molecule has 1 aliphatic heterocycles. The highest BCUT2D eigenvalue weighted by atomic mass is 16.7. The first-order valence-corrected chi connectivity index (χ1v) is 10.0. The topological polar surface area (TPSA) is 200 Å². The fourth-order valence-corrected chi connectivity index (χ4v) is 3.63. The van der Waals surface area contributed by atoms with E-state index in [4.69, 9.17) is 18.6 Å². The van der Waals surface area contributed by atoms with Crippen molar-refractivity contribution in [1.82, 2.24) is 0 Å². The fraction of sp³-hybridized carbons (Fsp3) is 0.318. The second-order valence-electron chi connectivity index (χ2n) is 7.62. The number of aromatic hydroxyl groups is 3. The molecule has 1 saturated heterocycles. The highest BCUT2D eigenvalue weighted by Gasteiger charge is 2.45. The van der Waals surface area contributed by atoms with Crippen LogP contribution >= 0.6 is 0 Å². The number of phenolic OH excluding ortho intramolecular Hbond substituents is 3. The summed E-state index contributed by atoms with van der Waals surface area (Å²) in [6.07, 6.45) is -8.00. The van der Waals surface area contributed by atoms with Gasteiger partial charge >= 0.3 is 0 Å². The molecule has 12 nitrogen and oxygen atoms in total. The molecule has 0 amide bonds. The van der Waals surface area contributed by atoms with Crippen LogP contribution in [0.25, 0.3) is 22.3 Å². The summed E-state index contributed by atoms with van der Waals surface area (Å²) in [5.41, 5.74) is -0.525. The van der Waals surface area contributed by atoms with E-state index in [0.717, 1.165) is 6.07 Å². The Morgan fingerprint density at radius 1 is 0.971 bits per heavy atom. The summed E-state index contributed by atoms with van der Waals surface area (Å²) >= 11 is 0. The van der Waals surface area contributed by atoms with Crippen molar-refractivity contribution in [3.05, 3.63) is 40.6 Å². The van der Waals surface area contributed by atoms with Crippen molar-refractivity contribution in [3.63, 3.8) is 0 Å². The van der Waals surface area contributed by atoms with E-state index in [0.29, 0.717) is 0 Å². The predicted octanol–water partition coefficient (Wildman–Crippen LogP) is -0.236. The van der Waals surface area contributed by atoms with E-state index in [-0.39, 0.29) is 33.8 Å². The number of hydrogen-bond acceptors (Lipinski definition) is 12. The number of methoxy groups -OCH3 is 1. The van der Waals surface area contributed by atoms with Gasteiger partial charge in [-0.05, 0) is 18.2 Å². The second kappa shape index (κ2) is 9.00. The summed E-state index contributed by atoms with van der Waals surface area (Å²) in [5.74, 6) is -2.01. The van der Waals surface area contributed by atoms with Gasteiger partial charge in [0.05, 0.1) is 13.7 Å². The molecule has 2 aromatic carbocycles. The van der Waals surface area contributed by atoms with E-state index in [9.17, 15) is 40.5 Å². The van der Waals surface area contributed by atoms with Crippen LogP contribution in [0.4, 0.5) is 0 Å². The first-order valence-electron chi connectivity index (χ1n) is 10.0. The van der Waals surface area contributed by atoms with Crippen molar-refractivity contribution in [3.8, 4) is 40.1 Å². The van der Waals surface area contributed by atoms with Crippen LogP contribution in [0.2, 0.25) is 0 Å². The summed E-state index contributed by atoms with van der Waals surface area (Å²) in [4.78, 5) is 12.8. The van der Waals surface area contributed by atoms with E-state index in [1.165, 1.54) is 31.4 Å². The van der Waals surface area contributed by atoms with Gasteiger partial charge in [0.2, 0.25) is 12.0 Å². The molecule has 0 aliphatic carbocycles. The monoisotopic (exact) mass is 478 g/mol. The minimum Gasteiger partial charge on any atom is -0.504 e. The SMILES string of the molecule is COc1cc2oc(-c3ccc(O)c(O)c3)cc(=O)c2c(O)c1O[C@@H]1O[C@H](CO)[C@@H](O)[C@H](O)[C@H]1O. The summed E-state index contributed by atoms with van der Waals surface area (Å²) in [7, 11) is 1.24. The summed E-state index contributed by atoms with van der Waals surface area (Å²) in [5, 5.41) is 69.2. The summed E-state index contributed by atoms with van der Waals surface area (Å²) in [6, 6.07) is 6.10. The highest BCUT2D eigenvalue weighted by Crippen LogP contribution is 2.44. The molecule has 1 aromatic heterocycles. The fourth-order valence-electron chi connectivity index (χ4n) is 3.63. The number of aliphatic hydroxyl groups excluding tert-OH is 4. The maximum atomic E-state index is 12.8. The Balaban J connectivity index is 1.78. The molecule has 0 unspecified atom stereocenters. The minimum absolute atomic E-state index is 0.0249. The predicted molar refractivity (Wildman–Crippen MR) is 114 cm³/mol. The Labute approximate surface area is 191 Å². The molecule has 3 aromatic rings. The molecule has 1 fully saturated rings. The van der Waals surface area contributed by atoms with E-state index >= 15 is 0 Å². The van der Waals surface area contributed by atoms with E-state index in [2.05, 4.69) is 0 Å². The Kier molecular flexibility index (Phi) is 6.25. The highest BCUT2D eigenvalue weighted by molar-refractivity contribution is 5.89. The molecule has 182 valence electrons. The first kappa shape index (κ1) is 23.6. The lowest BCUT2D eigenvalue weighted by Crippen LogP contribution is -2.60. The number of phenols is 3. The molecule has 4 rings (SSSR count). The largest absolute Gasteiger partial charge is 0.504 e. The van der Waals surface area contributed by atoms with E-state index in [1.54, 1.807) is 0 Å². The van der Waals surface area contributed by atoms with Gasteiger partial charge in [-0.1, -0.05) is 0 Å². The average molecular weight is 478 g/mol. The quantitative estimate of drug-likeness (QED) is 0.238. The Morgan fingerprint density at radius 2 is 1.71 bits per heavy atom. The molecular formula is C22H22O12. The Bertz CT molecular complexity index is 1270. The standard InChI is InChI=1S/C22H22O12/c1-31-14-6-13-16(11(26)5-12(32-13)8-2-3-9(24)10(25)4-8)18(28)21(14)34-22-20(30)19(29)17(27)15(7-23)33-22/h2-6,15,17,19-20,22-25,27-30H,7H2,1H3/t15-,17-,19+,20-,22+/m1/s1. The van der Waals surface area contributed by atoms with Crippen molar-refractivity contribution in [2.75, 3.05) is 13.7 Å². The van der Waals surface area contributed by atoms with Gasteiger partial charge in [0.1, 0.15) is 41.1 Å². The van der Waals surface area contributed by atoms with Gasteiger partial charge in [-0.25, -0.2) is 0 Å². The van der Waals surface area contributed by atoms with Crippen molar-refractivity contribution in [2.45, 2.75) is 30.7 Å². The molecule has 0 spiro atoms. The maximum Gasteiger partial charge on any atom is 0.229 e. The number of benzene rings is 2. The average Bonchev–Trinajstić information content (AvgIpc) is 2.81. The van der Waals surface area contributed by atoms with Gasteiger partial charge in [0.25, 0.3) is 0 Å². The Morgan fingerprint density at radius 3 is 2.35 bits per heavy atom. The van der Waals surface area contributed by atoms with Crippen molar-refractivity contribution >= 4 is 11.0 Å². The zero-order chi connectivity index (χ0) is 24.7. The second-order valence-corrected chi connectivity index (χ2v) is 7.62. The number of ether oxygens (including phenoxy) is 3. The smallest absolute Gasteiger partial charge is 0.229 e. The molecule has 34 heavy (non-hydrogen) atoms. The van der Waals surface area contributed by atoms with Gasteiger partial charge in [-0.15, -0.1) is 0 Å². The summed E-state index contributed by atoms with van der Waals surface area (Å²) < 4.78 is 21.7. The lowest BCUT2D eigenvalue weighted by atomic mass is 9.99. The third-order valence-electron chi connectivity index (χ3n) is 5.48. The van der Waals surface area contributed by atoms with Crippen LogP contribution < -0.4 is 14.9 Å². The van der Waals surface area contributed by atoms with Crippen LogP contribution in [0, 0.1) is 0 Å². The third-order valence-corrected chi connectivity index (χ3v) is 5.48. The summed E-state index contributed by atoms with van der Waals surface area (Å²) in [6.45, 7) is -0.690. The first-order chi connectivity index (χ1) is 16.2. The molecule has 12 heteroatoms. The lowest BCUT2D eigenvalue weighted by Gasteiger charge is -2.39. The molecule has 2 heterocycles. The zero-order valence-corrected chi connectivity index (χ0v) is 17.7. The molecule has 0 radical (unpaired) electrons. The van der Waals surface area contributed by atoms with Gasteiger partial charge < -0.3 is 54.4 Å². The van der Waals surface area contributed by atoms with Crippen molar-refractivity contribution in [1.29, 1.82) is 0 Å². The van der Waals surface area contributed by atoms with Crippen LogP contribution in [0.1, 0.15) is 0 Å². The van der Waals surface area contributed by atoms with Crippen LogP contribution in [-0.4, -0.2) is 80.2 Å². The molecule has 7 N–H and O–H groups in total. The minimum atomic E-state index is -1.77. The zero-order valence-electron chi connectivity index (χ0n) is 17.7. The van der Waals surface area contributed by atoms with Gasteiger partial charge in [-0.3, -0.25) is 4.79 Å². The molecule has 0 saturated carbocycles. The van der Waals surface area contributed by atoms with Crippen LogP contribution in [0.5, 0.6) is 28.7 Å². The van der Waals surface area contributed by atoms with E-state index in [1.807, 2.05) is 0 Å². The number of rotatable bonds is 5. The van der Waals surface area contributed by atoms with Crippen LogP contribution in [0.15, 0.2) is 39.5 Å². The molecule has 1 aliphatic rings. The van der Waals surface area contributed by atoms with Crippen molar-refractivity contribution in [2.24, 2.45) is 0 Å². The van der Waals surface area contributed by atoms with Gasteiger partial charge in [0, 0.05) is 17.7 Å². The number of aliphatic hydroxyl groups is 4. The molecule has 0 bridgehead atoms. The number of fused-ring (bicyclic) bond motifs is 1. The van der Waals surface area contributed by atoms with Crippen molar-refractivity contribution < 1.29 is 54.4 Å². The van der Waals surface area contributed by atoms with Crippen LogP contribution in [-0.2, 0) is 4.74 Å². The van der Waals surface area contributed by atoms with Gasteiger partial charge in [-0.2, -0.15) is 0 Å². The third kappa shape index (κ3) is 3.97. The molecular weight excluding hydrogens is 456 g/mol. The lowest BCUT2D eigenvalue weighted by molar-refractivity contribution is -0.277.